The largest absolute Gasteiger partial charge is 0.295 e. The molecule has 0 heterocycles. The summed E-state index contributed by atoms with van der Waals surface area (Å²) in [6.07, 6.45) is 3.86. The fraction of sp³-hybridized carbons (Fsp3) is 0.154. The third kappa shape index (κ3) is 3.85. The standard InChI is InChI=1S/C13H14O/c1-11(2)10-13(14)9-8-12-6-4-3-5-7-12/h3-9H,1,10H2,2H3/b9-8+. The first kappa shape index (κ1) is 10.5. The van der Waals surface area contributed by atoms with Crippen molar-refractivity contribution in [2.75, 3.05) is 0 Å². The molecule has 0 atom stereocenters. The first-order valence-electron chi connectivity index (χ1n) is 4.59. The van der Waals surface area contributed by atoms with Gasteiger partial charge in [-0.1, -0.05) is 48.6 Å². The second kappa shape index (κ2) is 5.18. The molecule has 1 heteroatoms. The van der Waals surface area contributed by atoms with Crippen molar-refractivity contribution in [1.82, 2.24) is 0 Å². The minimum Gasteiger partial charge on any atom is -0.295 e. The molecule has 0 aliphatic heterocycles. The van der Waals surface area contributed by atoms with Crippen molar-refractivity contribution in [3.05, 3.63) is 54.1 Å². The summed E-state index contributed by atoms with van der Waals surface area (Å²) in [5.74, 6) is 0.0985. The van der Waals surface area contributed by atoms with Gasteiger partial charge in [-0.15, -0.1) is 0 Å². The van der Waals surface area contributed by atoms with Crippen molar-refractivity contribution in [2.24, 2.45) is 0 Å². The van der Waals surface area contributed by atoms with Crippen molar-refractivity contribution in [3.63, 3.8) is 0 Å². The molecule has 0 radical (unpaired) electrons. The number of rotatable bonds is 4. The molecule has 0 spiro atoms. The van der Waals surface area contributed by atoms with Crippen molar-refractivity contribution in [2.45, 2.75) is 13.3 Å². The van der Waals surface area contributed by atoms with Gasteiger partial charge in [0.1, 0.15) is 0 Å². The lowest BCUT2D eigenvalue weighted by atomic mass is 10.1. The monoisotopic (exact) mass is 186 g/mol. The summed E-state index contributed by atoms with van der Waals surface area (Å²) in [4.78, 5) is 11.3. The lowest BCUT2D eigenvalue weighted by molar-refractivity contribution is -0.113. The van der Waals surface area contributed by atoms with Gasteiger partial charge in [-0.2, -0.15) is 0 Å². The predicted molar refractivity (Wildman–Crippen MR) is 59.9 cm³/mol. The van der Waals surface area contributed by atoms with E-state index < -0.39 is 0 Å². The van der Waals surface area contributed by atoms with Crippen LogP contribution in [0.4, 0.5) is 0 Å². The Balaban J connectivity index is 2.56. The Kier molecular flexibility index (Phi) is 3.86. The van der Waals surface area contributed by atoms with Gasteiger partial charge in [0.25, 0.3) is 0 Å². The topological polar surface area (TPSA) is 17.1 Å². The highest BCUT2D eigenvalue weighted by Gasteiger charge is 1.95. The highest BCUT2D eigenvalue weighted by Crippen LogP contribution is 2.03. The molecule has 0 saturated heterocycles. The molecular formula is C13H14O. The number of carbonyl (C=O) groups is 1. The maximum atomic E-state index is 11.3. The fourth-order valence-corrected chi connectivity index (χ4v) is 1.11. The van der Waals surface area contributed by atoms with Crippen LogP contribution in [0.15, 0.2) is 48.6 Å². The van der Waals surface area contributed by atoms with Crippen LogP contribution >= 0.6 is 0 Å². The van der Waals surface area contributed by atoms with Gasteiger partial charge in [-0.25, -0.2) is 0 Å². The highest BCUT2D eigenvalue weighted by molar-refractivity contribution is 5.94. The number of carbonyl (C=O) groups excluding carboxylic acids is 1. The van der Waals surface area contributed by atoms with Gasteiger partial charge >= 0.3 is 0 Å². The number of ketones is 1. The van der Waals surface area contributed by atoms with E-state index in [1.807, 2.05) is 43.3 Å². The van der Waals surface area contributed by atoms with E-state index in [-0.39, 0.29) is 5.78 Å². The van der Waals surface area contributed by atoms with Crippen molar-refractivity contribution in [1.29, 1.82) is 0 Å². The zero-order valence-corrected chi connectivity index (χ0v) is 8.36. The van der Waals surface area contributed by atoms with Gasteiger partial charge in [0.05, 0.1) is 0 Å². The highest BCUT2D eigenvalue weighted by atomic mass is 16.1. The third-order valence-electron chi connectivity index (χ3n) is 1.74. The van der Waals surface area contributed by atoms with Gasteiger partial charge in [0.15, 0.2) is 5.78 Å². The van der Waals surface area contributed by atoms with E-state index >= 15 is 0 Å². The molecule has 1 aromatic rings. The first-order chi connectivity index (χ1) is 6.68. The normalized spacial score (nSPS) is 10.4. The lowest BCUT2D eigenvalue weighted by Crippen LogP contribution is -1.91. The van der Waals surface area contributed by atoms with Crippen LogP contribution in [-0.2, 0) is 4.79 Å². The van der Waals surface area contributed by atoms with Crippen LogP contribution in [0.1, 0.15) is 18.9 Å². The number of benzene rings is 1. The Hall–Kier alpha value is -1.63. The quantitative estimate of drug-likeness (QED) is 0.521. The van der Waals surface area contributed by atoms with E-state index in [0.717, 1.165) is 11.1 Å². The van der Waals surface area contributed by atoms with E-state index in [1.54, 1.807) is 6.08 Å². The van der Waals surface area contributed by atoms with E-state index in [9.17, 15) is 4.79 Å². The number of allylic oxidation sites excluding steroid dienone is 2. The van der Waals surface area contributed by atoms with Crippen LogP contribution in [0.3, 0.4) is 0 Å². The third-order valence-corrected chi connectivity index (χ3v) is 1.74. The van der Waals surface area contributed by atoms with Crippen LogP contribution in [0.2, 0.25) is 0 Å². The second-order valence-electron chi connectivity index (χ2n) is 3.34. The summed E-state index contributed by atoms with van der Waals surface area (Å²) in [7, 11) is 0. The van der Waals surface area contributed by atoms with Crippen molar-refractivity contribution in [3.8, 4) is 0 Å². The van der Waals surface area contributed by atoms with E-state index in [1.165, 1.54) is 0 Å². The summed E-state index contributed by atoms with van der Waals surface area (Å²) in [6, 6.07) is 9.77. The Morgan fingerprint density at radius 3 is 2.57 bits per heavy atom. The van der Waals surface area contributed by atoms with Crippen molar-refractivity contribution >= 4 is 11.9 Å². The molecule has 1 nitrogen and oxygen atoms in total. The minimum absolute atomic E-state index is 0.0985. The summed E-state index contributed by atoms with van der Waals surface area (Å²) in [5.41, 5.74) is 1.94. The van der Waals surface area contributed by atoms with E-state index in [2.05, 4.69) is 6.58 Å². The predicted octanol–water partition coefficient (Wildman–Crippen LogP) is 3.24. The molecule has 1 rings (SSSR count). The Morgan fingerprint density at radius 2 is 2.00 bits per heavy atom. The van der Waals surface area contributed by atoms with Crippen LogP contribution in [-0.4, -0.2) is 5.78 Å². The first-order valence-corrected chi connectivity index (χ1v) is 4.59. The SMILES string of the molecule is C=C(C)CC(=O)/C=C/c1ccccc1. The average Bonchev–Trinajstić information content (AvgIpc) is 2.15. The molecule has 14 heavy (non-hydrogen) atoms. The molecule has 0 N–H and O–H groups in total. The van der Waals surface area contributed by atoms with Crippen molar-refractivity contribution < 1.29 is 4.79 Å². The number of hydrogen-bond acceptors (Lipinski definition) is 1. The molecule has 0 unspecified atom stereocenters. The molecule has 0 aromatic heterocycles. The van der Waals surface area contributed by atoms with Gasteiger partial charge < -0.3 is 0 Å². The Labute approximate surface area is 84.8 Å². The smallest absolute Gasteiger partial charge is 0.159 e. The molecule has 1 aromatic carbocycles. The molecule has 0 fully saturated rings. The zero-order valence-electron chi connectivity index (χ0n) is 8.36. The molecular weight excluding hydrogens is 172 g/mol. The van der Waals surface area contributed by atoms with Gasteiger partial charge in [-0.05, 0) is 18.6 Å². The molecule has 0 aliphatic carbocycles. The average molecular weight is 186 g/mol. The maximum absolute atomic E-state index is 11.3. The lowest BCUT2D eigenvalue weighted by Gasteiger charge is -1.93. The zero-order chi connectivity index (χ0) is 10.4. The second-order valence-corrected chi connectivity index (χ2v) is 3.34. The summed E-state index contributed by atoms with van der Waals surface area (Å²) < 4.78 is 0. The fourth-order valence-electron chi connectivity index (χ4n) is 1.11. The summed E-state index contributed by atoms with van der Waals surface area (Å²) in [5, 5.41) is 0. The summed E-state index contributed by atoms with van der Waals surface area (Å²) >= 11 is 0. The van der Waals surface area contributed by atoms with Gasteiger partial charge in [0.2, 0.25) is 0 Å². The van der Waals surface area contributed by atoms with Crippen LogP contribution in [0, 0.1) is 0 Å². The molecule has 0 amide bonds. The maximum Gasteiger partial charge on any atom is 0.159 e. The molecule has 72 valence electrons. The van der Waals surface area contributed by atoms with Crippen LogP contribution in [0.5, 0.6) is 0 Å². The van der Waals surface area contributed by atoms with Gasteiger partial charge in [-0.3, -0.25) is 4.79 Å². The van der Waals surface area contributed by atoms with E-state index in [4.69, 9.17) is 0 Å². The Morgan fingerprint density at radius 1 is 1.36 bits per heavy atom. The van der Waals surface area contributed by atoms with Crippen LogP contribution < -0.4 is 0 Å². The number of hydrogen-bond donors (Lipinski definition) is 0. The molecule has 0 saturated carbocycles. The summed E-state index contributed by atoms with van der Waals surface area (Å²) in [6.45, 7) is 5.55. The van der Waals surface area contributed by atoms with E-state index in [0.29, 0.717) is 6.42 Å². The molecule has 0 bridgehead atoms. The van der Waals surface area contributed by atoms with Crippen LogP contribution in [0.25, 0.3) is 6.08 Å². The molecule has 0 aliphatic rings. The minimum atomic E-state index is 0.0985. The Bertz CT molecular complexity index is 347. The van der Waals surface area contributed by atoms with Gasteiger partial charge in [0, 0.05) is 6.42 Å².